The lowest BCUT2D eigenvalue weighted by Crippen LogP contribution is -2.10. The fourth-order valence-electron chi connectivity index (χ4n) is 4.52. The molecule has 4 aromatic rings. The molecule has 1 heterocycles. The molecular weight excluding hydrogens is 444 g/mol. The smallest absolute Gasteiger partial charge is 0.303 e. The zero-order valence-electron chi connectivity index (χ0n) is 20.0. The molecule has 0 fully saturated rings. The summed E-state index contributed by atoms with van der Waals surface area (Å²) in [6.45, 7) is 7.24. The van der Waals surface area contributed by atoms with Gasteiger partial charge in [-0.05, 0) is 53.1 Å². The van der Waals surface area contributed by atoms with Gasteiger partial charge in [0.05, 0.1) is 17.6 Å². The highest BCUT2D eigenvalue weighted by Gasteiger charge is 2.21. The van der Waals surface area contributed by atoms with E-state index in [1.54, 1.807) is 0 Å². The van der Waals surface area contributed by atoms with Crippen molar-refractivity contribution >= 4 is 28.6 Å². The van der Waals surface area contributed by atoms with E-state index in [9.17, 15) is 9.90 Å². The SMILES string of the molecule is CC(C)Cc1ccc(C(C)c2nc3c(CCC(=O)O)cccc3n2Cc2ccccc2Cl)cc1. The van der Waals surface area contributed by atoms with Gasteiger partial charge < -0.3 is 9.67 Å². The van der Waals surface area contributed by atoms with Gasteiger partial charge in [-0.2, -0.15) is 0 Å². The van der Waals surface area contributed by atoms with Crippen molar-refractivity contribution in [2.45, 2.75) is 52.5 Å². The molecule has 4 rings (SSSR count). The Morgan fingerprint density at radius 2 is 1.68 bits per heavy atom. The summed E-state index contributed by atoms with van der Waals surface area (Å²) in [5.74, 6) is 0.833. The molecule has 1 aromatic heterocycles. The first-order valence-electron chi connectivity index (χ1n) is 11.9. The molecule has 0 aliphatic heterocycles. The summed E-state index contributed by atoms with van der Waals surface area (Å²) in [6, 6.07) is 22.7. The summed E-state index contributed by atoms with van der Waals surface area (Å²) < 4.78 is 2.23. The Morgan fingerprint density at radius 1 is 0.971 bits per heavy atom. The van der Waals surface area contributed by atoms with Gasteiger partial charge in [0.25, 0.3) is 0 Å². The fourth-order valence-corrected chi connectivity index (χ4v) is 4.72. The zero-order valence-corrected chi connectivity index (χ0v) is 20.7. The predicted molar refractivity (Wildman–Crippen MR) is 139 cm³/mol. The third-order valence-electron chi connectivity index (χ3n) is 6.30. The second kappa shape index (κ2) is 10.4. The number of hydrogen-bond donors (Lipinski definition) is 1. The number of carbonyl (C=O) groups is 1. The Bertz CT molecular complexity index is 1290. The summed E-state index contributed by atoms with van der Waals surface area (Å²) in [5.41, 5.74) is 6.40. The summed E-state index contributed by atoms with van der Waals surface area (Å²) in [6.07, 6.45) is 1.60. The number of aryl methyl sites for hydroxylation is 1. The number of nitrogens with zero attached hydrogens (tertiary/aromatic N) is 2. The molecule has 1 N–H and O–H groups in total. The third kappa shape index (κ3) is 5.34. The minimum Gasteiger partial charge on any atom is -0.481 e. The number of rotatable bonds is 9. The highest BCUT2D eigenvalue weighted by molar-refractivity contribution is 6.31. The van der Waals surface area contributed by atoms with Crippen LogP contribution >= 0.6 is 11.6 Å². The number of fused-ring (bicyclic) bond motifs is 1. The van der Waals surface area contributed by atoms with Crippen LogP contribution in [0.2, 0.25) is 5.02 Å². The second-order valence-corrected chi connectivity index (χ2v) is 9.79. The summed E-state index contributed by atoms with van der Waals surface area (Å²) >= 11 is 6.52. The van der Waals surface area contributed by atoms with Crippen molar-refractivity contribution < 1.29 is 9.90 Å². The second-order valence-electron chi connectivity index (χ2n) is 9.39. The van der Waals surface area contributed by atoms with Gasteiger partial charge in [-0.25, -0.2) is 4.98 Å². The highest BCUT2D eigenvalue weighted by atomic mass is 35.5. The number of carboxylic acid groups (broad SMARTS) is 1. The van der Waals surface area contributed by atoms with E-state index in [4.69, 9.17) is 16.6 Å². The standard InChI is InChI=1S/C29H31ClN2O2/c1-19(2)17-21-11-13-22(14-12-21)20(3)29-31-28-23(15-16-27(33)34)8-6-10-26(28)32(29)18-24-7-4-5-9-25(24)30/h4-14,19-20H,15-18H2,1-3H3,(H,33,34). The molecule has 5 heteroatoms. The fraction of sp³-hybridized carbons (Fsp3) is 0.310. The van der Waals surface area contributed by atoms with Crippen LogP contribution in [-0.4, -0.2) is 20.6 Å². The van der Waals surface area contributed by atoms with Crippen molar-refractivity contribution in [1.82, 2.24) is 9.55 Å². The molecule has 0 amide bonds. The van der Waals surface area contributed by atoms with E-state index in [1.807, 2.05) is 36.4 Å². The van der Waals surface area contributed by atoms with Gasteiger partial charge in [0.1, 0.15) is 5.82 Å². The van der Waals surface area contributed by atoms with Crippen molar-refractivity contribution in [1.29, 1.82) is 0 Å². The van der Waals surface area contributed by atoms with E-state index < -0.39 is 5.97 Å². The number of aliphatic carboxylic acids is 1. The molecule has 0 spiro atoms. The summed E-state index contributed by atoms with van der Waals surface area (Å²) in [5, 5.41) is 9.93. The maximum absolute atomic E-state index is 11.2. The zero-order chi connectivity index (χ0) is 24.2. The molecule has 0 saturated heterocycles. The van der Waals surface area contributed by atoms with Gasteiger partial charge in [-0.3, -0.25) is 4.79 Å². The molecule has 0 bridgehead atoms. The van der Waals surface area contributed by atoms with Crippen LogP contribution in [0.5, 0.6) is 0 Å². The first kappa shape index (κ1) is 24.0. The van der Waals surface area contributed by atoms with E-state index in [0.29, 0.717) is 18.9 Å². The van der Waals surface area contributed by atoms with Crippen LogP contribution in [-0.2, 0) is 24.2 Å². The normalized spacial score (nSPS) is 12.4. The Labute approximate surface area is 206 Å². The number of aromatic nitrogens is 2. The van der Waals surface area contributed by atoms with E-state index in [1.165, 1.54) is 11.1 Å². The quantitative estimate of drug-likeness (QED) is 0.281. The average Bonchev–Trinajstić information content (AvgIpc) is 3.17. The molecule has 3 aromatic carbocycles. The van der Waals surface area contributed by atoms with Crippen LogP contribution in [0.25, 0.3) is 11.0 Å². The lowest BCUT2D eigenvalue weighted by molar-refractivity contribution is -0.136. The highest BCUT2D eigenvalue weighted by Crippen LogP contribution is 2.31. The third-order valence-corrected chi connectivity index (χ3v) is 6.67. The van der Waals surface area contributed by atoms with Crippen molar-refractivity contribution in [2.24, 2.45) is 5.92 Å². The molecule has 0 radical (unpaired) electrons. The van der Waals surface area contributed by atoms with E-state index in [-0.39, 0.29) is 12.3 Å². The Hall–Kier alpha value is -3.11. The average molecular weight is 475 g/mol. The van der Waals surface area contributed by atoms with Crippen molar-refractivity contribution in [3.05, 3.63) is 99.8 Å². The number of hydrogen-bond acceptors (Lipinski definition) is 2. The lowest BCUT2D eigenvalue weighted by atomic mass is 9.96. The topological polar surface area (TPSA) is 55.1 Å². The van der Waals surface area contributed by atoms with Gasteiger partial charge in [-0.1, -0.05) is 87.0 Å². The molecule has 176 valence electrons. The van der Waals surface area contributed by atoms with E-state index in [0.717, 1.165) is 39.4 Å². The first-order chi connectivity index (χ1) is 16.3. The largest absolute Gasteiger partial charge is 0.481 e. The molecule has 0 aliphatic rings. The Morgan fingerprint density at radius 3 is 2.35 bits per heavy atom. The first-order valence-corrected chi connectivity index (χ1v) is 12.2. The monoisotopic (exact) mass is 474 g/mol. The molecule has 1 atom stereocenters. The van der Waals surface area contributed by atoms with Crippen LogP contribution in [0.4, 0.5) is 0 Å². The molecule has 4 nitrogen and oxygen atoms in total. The lowest BCUT2D eigenvalue weighted by Gasteiger charge is -2.17. The van der Waals surface area contributed by atoms with E-state index >= 15 is 0 Å². The van der Waals surface area contributed by atoms with Gasteiger partial charge in [0.2, 0.25) is 0 Å². The van der Waals surface area contributed by atoms with Crippen LogP contribution < -0.4 is 0 Å². The van der Waals surface area contributed by atoms with E-state index in [2.05, 4.69) is 55.7 Å². The minimum absolute atomic E-state index is 0.0651. The Balaban J connectivity index is 1.79. The number of halogens is 1. The minimum atomic E-state index is -0.803. The number of carboxylic acids is 1. The van der Waals surface area contributed by atoms with Gasteiger partial charge >= 0.3 is 5.97 Å². The maximum Gasteiger partial charge on any atom is 0.303 e. The molecular formula is C29H31ClN2O2. The van der Waals surface area contributed by atoms with Gasteiger partial charge in [0.15, 0.2) is 0 Å². The number of para-hydroxylation sites is 1. The van der Waals surface area contributed by atoms with Crippen LogP contribution in [0.3, 0.4) is 0 Å². The van der Waals surface area contributed by atoms with Crippen LogP contribution in [0, 0.1) is 5.92 Å². The summed E-state index contributed by atoms with van der Waals surface area (Å²) in [7, 11) is 0. The molecule has 0 saturated carbocycles. The van der Waals surface area contributed by atoms with Crippen molar-refractivity contribution in [3.63, 3.8) is 0 Å². The van der Waals surface area contributed by atoms with Crippen molar-refractivity contribution in [2.75, 3.05) is 0 Å². The summed E-state index contributed by atoms with van der Waals surface area (Å²) in [4.78, 5) is 16.3. The molecule has 0 aliphatic carbocycles. The molecule has 1 unspecified atom stereocenters. The molecule has 34 heavy (non-hydrogen) atoms. The van der Waals surface area contributed by atoms with Crippen LogP contribution in [0.15, 0.2) is 66.7 Å². The van der Waals surface area contributed by atoms with Gasteiger partial charge in [0, 0.05) is 17.4 Å². The van der Waals surface area contributed by atoms with Gasteiger partial charge in [-0.15, -0.1) is 0 Å². The Kier molecular flexibility index (Phi) is 7.38. The number of imidazole rings is 1. The number of benzene rings is 3. The maximum atomic E-state index is 11.2. The van der Waals surface area contributed by atoms with Crippen LogP contribution in [0.1, 0.15) is 61.2 Å². The predicted octanol–water partition coefficient (Wildman–Crippen LogP) is 7.11. The van der Waals surface area contributed by atoms with Crippen molar-refractivity contribution in [3.8, 4) is 0 Å².